The number of pyridine rings is 1. The molecule has 148 valence electrons. The molecule has 1 N–H and O–H groups in total. The number of carbonyl (C=O) groups excluding carboxylic acids is 1. The second-order valence-corrected chi connectivity index (χ2v) is 7.34. The van der Waals surface area contributed by atoms with Crippen molar-refractivity contribution in [3.05, 3.63) is 76.9 Å². The third kappa shape index (κ3) is 4.35. The molecule has 1 aromatic heterocycles. The van der Waals surface area contributed by atoms with E-state index in [1.807, 2.05) is 43.3 Å². The summed E-state index contributed by atoms with van der Waals surface area (Å²) in [5.41, 5.74) is 4.12. The Balaban J connectivity index is 1.36. The Morgan fingerprint density at radius 2 is 2.07 bits per heavy atom. The number of carbonyl (C=O) groups is 1. The van der Waals surface area contributed by atoms with Crippen molar-refractivity contribution in [1.82, 2.24) is 10.3 Å². The average Bonchev–Trinajstić information content (AvgIpc) is 3.15. The smallest absolute Gasteiger partial charge is 0.258 e. The van der Waals surface area contributed by atoms with E-state index in [0.717, 1.165) is 34.6 Å². The van der Waals surface area contributed by atoms with Crippen LogP contribution in [0.4, 0.5) is 0 Å². The lowest BCUT2D eigenvalue weighted by atomic mass is 10.0. The number of nitrogens with zero attached hydrogens (tertiary/aromatic N) is 1. The van der Waals surface area contributed by atoms with Gasteiger partial charge in [0.1, 0.15) is 17.6 Å². The van der Waals surface area contributed by atoms with Gasteiger partial charge in [0.2, 0.25) is 0 Å². The number of nitrogens with one attached hydrogen (secondary N) is 1. The maximum absolute atomic E-state index is 12.1. The number of aryl methyl sites for hydroxylation is 1. The minimum Gasteiger partial charge on any atom is -0.487 e. The van der Waals surface area contributed by atoms with Crippen molar-refractivity contribution in [1.29, 1.82) is 0 Å². The number of rotatable bonds is 6. The summed E-state index contributed by atoms with van der Waals surface area (Å²) in [6, 6.07) is 17.1. The molecule has 1 atom stereocenters. The molecule has 1 aliphatic heterocycles. The molecule has 1 aliphatic rings. The second kappa shape index (κ2) is 8.53. The molecule has 1 amide bonds. The average molecular weight is 409 g/mol. The number of ether oxygens (including phenoxy) is 2. The van der Waals surface area contributed by atoms with Gasteiger partial charge in [-0.2, -0.15) is 0 Å². The number of hydrogen-bond acceptors (Lipinski definition) is 4. The normalized spacial score (nSPS) is 14.8. The molecule has 0 radical (unpaired) electrons. The first-order valence-corrected chi connectivity index (χ1v) is 9.84. The number of para-hydroxylation sites is 2. The van der Waals surface area contributed by atoms with Crippen molar-refractivity contribution in [3.63, 3.8) is 0 Å². The molecular weight excluding hydrogens is 388 g/mol. The summed E-state index contributed by atoms with van der Waals surface area (Å²) in [7, 11) is 0. The number of benzene rings is 2. The van der Waals surface area contributed by atoms with E-state index in [4.69, 9.17) is 21.1 Å². The standard InChI is InChI=1S/C23H21ClN2O3/c1-15-6-5-11-25-22(15)18-8-4-7-16-12-17(29-23(16)18)13-26-21(27)14-28-20-10-3-2-9-19(20)24/h2-11,17H,12-14H2,1H3,(H,26,27). The van der Waals surface area contributed by atoms with Crippen LogP contribution < -0.4 is 14.8 Å². The van der Waals surface area contributed by atoms with Crippen LogP contribution in [-0.4, -0.2) is 30.1 Å². The number of amides is 1. The SMILES string of the molecule is Cc1cccnc1-c1cccc2c1OC(CNC(=O)COc1ccccc1Cl)C2. The van der Waals surface area contributed by atoms with E-state index < -0.39 is 0 Å². The van der Waals surface area contributed by atoms with Gasteiger partial charge < -0.3 is 14.8 Å². The fourth-order valence-corrected chi connectivity index (χ4v) is 3.58. The van der Waals surface area contributed by atoms with Gasteiger partial charge in [-0.1, -0.05) is 41.9 Å². The third-order valence-electron chi connectivity index (χ3n) is 4.82. The highest BCUT2D eigenvalue weighted by Crippen LogP contribution is 2.38. The van der Waals surface area contributed by atoms with Gasteiger partial charge in [0.15, 0.2) is 6.61 Å². The van der Waals surface area contributed by atoms with Crippen LogP contribution in [0.25, 0.3) is 11.3 Å². The molecule has 4 rings (SSSR count). The van der Waals surface area contributed by atoms with Gasteiger partial charge in [-0.25, -0.2) is 0 Å². The lowest BCUT2D eigenvalue weighted by Gasteiger charge is -2.14. The predicted octanol–water partition coefficient (Wildman–Crippen LogP) is 4.21. The Kier molecular flexibility index (Phi) is 5.67. The predicted molar refractivity (Wildman–Crippen MR) is 112 cm³/mol. The molecule has 0 spiro atoms. The van der Waals surface area contributed by atoms with E-state index in [1.165, 1.54) is 0 Å². The van der Waals surface area contributed by atoms with Gasteiger partial charge >= 0.3 is 0 Å². The Morgan fingerprint density at radius 3 is 2.90 bits per heavy atom. The van der Waals surface area contributed by atoms with E-state index in [9.17, 15) is 4.79 Å². The number of fused-ring (bicyclic) bond motifs is 1. The van der Waals surface area contributed by atoms with Crippen molar-refractivity contribution >= 4 is 17.5 Å². The van der Waals surface area contributed by atoms with E-state index in [0.29, 0.717) is 17.3 Å². The van der Waals surface area contributed by atoms with E-state index in [1.54, 1.807) is 18.3 Å². The van der Waals surface area contributed by atoms with Gasteiger partial charge in [0.05, 0.1) is 17.3 Å². The lowest BCUT2D eigenvalue weighted by Crippen LogP contribution is -2.37. The Morgan fingerprint density at radius 1 is 1.21 bits per heavy atom. The fraction of sp³-hybridized carbons (Fsp3) is 0.217. The third-order valence-corrected chi connectivity index (χ3v) is 5.13. The van der Waals surface area contributed by atoms with Crippen LogP contribution in [0.2, 0.25) is 5.02 Å². The largest absolute Gasteiger partial charge is 0.487 e. The molecule has 0 saturated carbocycles. The topological polar surface area (TPSA) is 60.5 Å². The van der Waals surface area contributed by atoms with Crippen LogP contribution in [0, 0.1) is 6.92 Å². The molecule has 1 unspecified atom stereocenters. The summed E-state index contributed by atoms with van der Waals surface area (Å²) >= 11 is 6.03. The molecule has 2 aromatic carbocycles. The van der Waals surface area contributed by atoms with Gasteiger partial charge in [0, 0.05) is 18.2 Å². The molecule has 2 heterocycles. The zero-order chi connectivity index (χ0) is 20.2. The summed E-state index contributed by atoms with van der Waals surface area (Å²) < 4.78 is 11.6. The van der Waals surface area contributed by atoms with Crippen molar-refractivity contribution in [3.8, 4) is 22.8 Å². The summed E-state index contributed by atoms with van der Waals surface area (Å²) in [5.74, 6) is 1.12. The van der Waals surface area contributed by atoms with Gasteiger partial charge in [-0.3, -0.25) is 9.78 Å². The molecular formula is C23H21ClN2O3. The Bertz CT molecular complexity index is 1040. The van der Waals surface area contributed by atoms with Crippen molar-refractivity contribution < 1.29 is 14.3 Å². The van der Waals surface area contributed by atoms with Crippen LogP contribution >= 0.6 is 11.6 Å². The molecule has 0 aliphatic carbocycles. The molecule has 0 saturated heterocycles. The number of halogens is 1. The molecule has 29 heavy (non-hydrogen) atoms. The molecule has 0 fully saturated rings. The maximum atomic E-state index is 12.1. The first kappa shape index (κ1) is 19.3. The molecule has 3 aromatic rings. The van der Waals surface area contributed by atoms with Crippen LogP contribution in [0.5, 0.6) is 11.5 Å². The van der Waals surface area contributed by atoms with Gasteiger partial charge in [-0.05, 0) is 42.3 Å². The van der Waals surface area contributed by atoms with Crippen molar-refractivity contribution in [2.24, 2.45) is 0 Å². The Hall–Kier alpha value is -3.05. The first-order valence-electron chi connectivity index (χ1n) is 9.46. The summed E-state index contributed by atoms with van der Waals surface area (Å²) in [6.07, 6.45) is 2.40. The summed E-state index contributed by atoms with van der Waals surface area (Å²) in [6.45, 7) is 2.34. The van der Waals surface area contributed by atoms with Crippen LogP contribution in [-0.2, 0) is 11.2 Å². The molecule has 6 heteroatoms. The highest BCUT2D eigenvalue weighted by atomic mass is 35.5. The quantitative estimate of drug-likeness (QED) is 0.663. The lowest BCUT2D eigenvalue weighted by molar-refractivity contribution is -0.123. The molecule has 5 nitrogen and oxygen atoms in total. The summed E-state index contributed by atoms with van der Waals surface area (Å²) in [4.78, 5) is 16.7. The van der Waals surface area contributed by atoms with Gasteiger partial charge in [0.25, 0.3) is 5.91 Å². The monoisotopic (exact) mass is 408 g/mol. The van der Waals surface area contributed by atoms with E-state index in [2.05, 4.69) is 16.4 Å². The zero-order valence-corrected chi connectivity index (χ0v) is 16.8. The minimum absolute atomic E-state index is 0.0955. The minimum atomic E-state index is -0.217. The summed E-state index contributed by atoms with van der Waals surface area (Å²) in [5, 5.41) is 3.35. The highest BCUT2D eigenvalue weighted by Gasteiger charge is 2.26. The van der Waals surface area contributed by atoms with Crippen molar-refractivity contribution in [2.45, 2.75) is 19.4 Å². The second-order valence-electron chi connectivity index (χ2n) is 6.93. The number of hydrogen-bond donors (Lipinski definition) is 1. The van der Waals surface area contributed by atoms with Crippen LogP contribution in [0.3, 0.4) is 0 Å². The highest BCUT2D eigenvalue weighted by molar-refractivity contribution is 6.32. The number of aromatic nitrogens is 1. The van der Waals surface area contributed by atoms with Gasteiger partial charge in [-0.15, -0.1) is 0 Å². The molecule has 0 bridgehead atoms. The Labute approximate surface area is 174 Å². The maximum Gasteiger partial charge on any atom is 0.258 e. The fourth-order valence-electron chi connectivity index (χ4n) is 3.39. The van der Waals surface area contributed by atoms with Crippen molar-refractivity contribution in [2.75, 3.05) is 13.2 Å². The van der Waals surface area contributed by atoms with Crippen LogP contribution in [0.1, 0.15) is 11.1 Å². The van der Waals surface area contributed by atoms with Crippen LogP contribution in [0.15, 0.2) is 60.8 Å². The van der Waals surface area contributed by atoms with E-state index >= 15 is 0 Å². The van der Waals surface area contributed by atoms with E-state index in [-0.39, 0.29) is 18.6 Å². The zero-order valence-electron chi connectivity index (χ0n) is 16.0. The first-order chi connectivity index (χ1) is 14.1.